The molecule has 1 aliphatic heterocycles. The highest BCUT2D eigenvalue weighted by molar-refractivity contribution is 7.20. The molecule has 0 N–H and O–H groups in total. The summed E-state index contributed by atoms with van der Waals surface area (Å²) >= 11 is 1.50. The fraction of sp³-hybridized carbons (Fsp3) is 0.353. The lowest BCUT2D eigenvalue weighted by Gasteiger charge is -2.20. The van der Waals surface area contributed by atoms with E-state index in [0.29, 0.717) is 29.6 Å². The van der Waals surface area contributed by atoms with Crippen LogP contribution in [0, 0.1) is 6.92 Å². The number of methoxy groups -OCH3 is 1. The smallest absolute Gasteiger partial charge is 0.264 e. The molecule has 2 aromatic heterocycles. The van der Waals surface area contributed by atoms with Crippen LogP contribution in [0.25, 0.3) is 10.1 Å². The zero-order chi connectivity index (χ0) is 16.7. The molecule has 0 radical (unpaired) electrons. The second kappa shape index (κ2) is 5.99. The van der Waals surface area contributed by atoms with E-state index in [1.54, 1.807) is 18.9 Å². The maximum Gasteiger partial charge on any atom is 0.264 e. The molecule has 0 aliphatic carbocycles. The Labute approximate surface area is 143 Å². The molecule has 2 atom stereocenters. The van der Waals surface area contributed by atoms with Crippen molar-refractivity contribution >= 4 is 27.3 Å². The summed E-state index contributed by atoms with van der Waals surface area (Å²) < 4.78 is 11.9. The van der Waals surface area contributed by atoms with Crippen molar-refractivity contribution < 1.29 is 14.1 Å². The number of fused-ring (bicyclic) bond motifs is 1. The summed E-state index contributed by atoms with van der Waals surface area (Å²) in [6.45, 7) is 2.30. The van der Waals surface area contributed by atoms with Crippen LogP contribution in [-0.4, -0.2) is 40.7 Å². The fourth-order valence-electron chi connectivity index (χ4n) is 3.10. The molecule has 1 aliphatic rings. The molecule has 6 nitrogen and oxygen atoms in total. The Morgan fingerprint density at radius 2 is 2.25 bits per heavy atom. The highest BCUT2D eigenvalue weighted by atomic mass is 32.1. The average Bonchev–Trinajstić information content (AvgIpc) is 3.30. The third-order valence-electron chi connectivity index (χ3n) is 4.32. The number of rotatable bonds is 3. The van der Waals surface area contributed by atoms with E-state index in [4.69, 9.17) is 9.26 Å². The lowest BCUT2D eigenvalue weighted by molar-refractivity contribution is 0.0675. The topological polar surface area (TPSA) is 68.5 Å². The molecule has 1 fully saturated rings. The fourth-order valence-corrected chi connectivity index (χ4v) is 4.12. The number of amides is 1. The Morgan fingerprint density at radius 1 is 1.42 bits per heavy atom. The minimum Gasteiger partial charge on any atom is -0.380 e. The lowest BCUT2D eigenvalue weighted by atomic mass is 10.2. The number of ether oxygens (including phenoxy) is 1. The maximum absolute atomic E-state index is 13.1. The number of hydrogen-bond acceptors (Lipinski definition) is 6. The van der Waals surface area contributed by atoms with Crippen molar-refractivity contribution in [3.05, 3.63) is 46.9 Å². The summed E-state index contributed by atoms with van der Waals surface area (Å²) in [7, 11) is 1.66. The number of aromatic nitrogens is 2. The predicted molar refractivity (Wildman–Crippen MR) is 90.1 cm³/mol. The van der Waals surface area contributed by atoms with Crippen LogP contribution in [0.2, 0.25) is 0 Å². The predicted octanol–water partition coefficient (Wildman–Crippen LogP) is 3.19. The molecule has 0 spiro atoms. The normalized spacial score (nSPS) is 20.8. The van der Waals surface area contributed by atoms with Gasteiger partial charge in [0.1, 0.15) is 6.04 Å². The van der Waals surface area contributed by atoms with Crippen molar-refractivity contribution in [1.82, 2.24) is 15.0 Å². The van der Waals surface area contributed by atoms with E-state index in [1.807, 2.05) is 30.3 Å². The number of likely N-dealkylation sites (tertiary alicyclic amines) is 1. The summed E-state index contributed by atoms with van der Waals surface area (Å²) in [6.07, 6.45) is 0.634. The quantitative estimate of drug-likeness (QED) is 0.730. The van der Waals surface area contributed by atoms with Gasteiger partial charge in [0.15, 0.2) is 5.82 Å². The first-order chi connectivity index (χ1) is 11.7. The van der Waals surface area contributed by atoms with Gasteiger partial charge >= 0.3 is 0 Å². The first-order valence-electron chi connectivity index (χ1n) is 7.78. The number of thiophene rings is 1. The number of carbonyl (C=O) groups excluding carboxylic acids is 1. The van der Waals surface area contributed by atoms with Gasteiger partial charge in [-0.3, -0.25) is 4.79 Å². The molecular formula is C17H17N3O3S. The summed E-state index contributed by atoms with van der Waals surface area (Å²) in [5, 5.41) is 4.93. The Balaban J connectivity index is 1.67. The van der Waals surface area contributed by atoms with Gasteiger partial charge in [0.2, 0.25) is 5.89 Å². The first-order valence-corrected chi connectivity index (χ1v) is 8.60. The molecule has 0 bridgehead atoms. The number of aryl methyl sites for hydroxylation is 1. The summed E-state index contributed by atoms with van der Waals surface area (Å²) in [6, 6.07) is 9.70. The van der Waals surface area contributed by atoms with Gasteiger partial charge in [-0.05, 0) is 24.4 Å². The van der Waals surface area contributed by atoms with Gasteiger partial charge < -0.3 is 14.2 Å². The standard InChI is InChI=1S/C17H17N3O3S/c1-10-18-16(23-19-10)13-8-12(22-2)9-20(13)17(21)15-7-11-5-3-4-6-14(11)24-15/h3-7,12-13H,8-9H2,1-2H3/t12-,13-/m1/s1. The van der Waals surface area contributed by atoms with Crippen LogP contribution in [0.15, 0.2) is 34.9 Å². The Morgan fingerprint density at radius 3 is 2.96 bits per heavy atom. The summed E-state index contributed by atoms with van der Waals surface area (Å²) in [5.41, 5.74) is 0. The van der Waals surface area contributed by atoms with Crippen molar-refractivity contribution in [3.63, 3.8) is 0 Å². The van der Waals surface area contributed by atoms with E-state index in [2.05, 4.69) is 10.1 Å². The third kappa shape index (κ3) is 2.59. The number of hydrogen-bond donors (Lipinski definition) is 0. The van der Waals surface area contributed by atoms with E-state index in [0.717, 1.165) is 10.1 Å². The summed E-state index contributed by atoms with van der Waals surface area (Å²) in [4.78, 5) is 19.9. The van der Waals surface area contributed by atoms with Crippen LogP contribution in [0.4, 0.5) is 0 Å². The van der Waals surface area contributed by atoms with Gasteiger partial charge in [0, 0.05) is 24.8 Å². The molecule has 0 unspecified atom stereocenters. The van der Waals surface area contributed by atoms with E-state index in [1.165, 1.54) is 11.3 Å². The van der Waals surface area contributed by atoms with Crippen molar-refractivity contribution in [2.24, 2.45) is 0 Å². The van der Waals surface area contributed by atoms with Gasteiger partial charge in [0.05, 0.1) is 11.0 Å². The van der Waals surface area contributed by atoms with Crippen molar-refractivity contribution in [2.75, 3.05) is 13.7 Å². The number of benzene rings is 1. The largest absolute Gasteiger partial charge is 0.380 e. The second-order valence-corrected chi connectivity index (χ2v) is 6.98. The molecular weight excluding hydrogens is 326 g/mol. The van der Waals surface area contributed by atoms with Crippen molar-refractivity contribution in [1.29, 1.82) is 0 Å². The number of nitrogens with zero attached hydrogens (tertiary/aromatic N) is 3. The molecule has 24 heavy (non-hydrogen) atoms. The maximum atomic E-state index is 13.1. The second-order valence-electron chi connectivity index (χ2n) is 5.90. The Hall–Kier alpha value is -2.25. The van der Waals surface area contributed by atoms with E-state index < -0.39 is 0 Å². The van der Waals surface area contributed by atoms with Crippen LogP contribution in [0.3, 0.4) is 0 Å². The van der Waals surface area contributed by atoms with E-state index in [9.17, 15) is 4.79 Å². The molecule has 1 saturated heterocycles. The van der Waals surface area contributed by atoms with Crippen LogP contribution in [0.1, 0.15) is 33.8 Å². The minimum absolute atomic E-state index is 0.0170. The third-order valence-corrected chi connectivity index (χ3v) is 5.43. The number of carbonyl (C=O) groups is 1. The van der Waals surface area contributed by atoms with Gasteiger partial charge in [-0.25, -0.2) is 0 Å². The zero-order valence-corrected chi connectivity index (χ0v) is 14.2. The highest BCUT2D eigenvalue weighted by Gasteiger charge is 2.40. The highest BCUT2D eigenvalue weighted by Crippen LogP contribution is 2.35. The molecule has 0 saturated carbocycles. The first kappa shape index (κ1) is 15.3. The monoisotopic (exact) mass is 343 g/mol. The van der Waals surface area contributed by atoms with Crippen LogP contribution < -0.4 is 0 Å². The van der Waals surface area contributed by atoms with Crippen molar-refractivity contribution in [2.45, 2.75) is 25.5 Å². The van der Waals surface area contributed by atoms with Crippen LogP contribution >= 0.6 is 11.3 Å². The van der Waals surface area contributed by atoms with Crippen molar-refractivity contribution in [3.8, 4) is 0 Å². The molecule has 3 heterocycles. The molecule has 124 valence electrons. The lowest BCUT2D eigenvalue weighted by Crippen LogP contribution is -2.31. The molecule has 1 amide bonds. The van der Waals surface area contributed by atoms with E-state index >= 15 is 0 Å². The molecule has 4 rings (SSSR count). The molecule has 3 aromatic rings. The van der Waals surface area contributed by atoms with Gasteiger partial charge in [-0.1, -0.05) is 23.4 Å². The van der Waals surface area contributed by atoms with Gasteiger partial charge in [0.25, 0.3) is 5.91 Å². The SMILES string of the molecule is CO[C@@H]1C[C@H](c2nc(C)no2)N(C(=O)c2cc3ccccc3s2)C1. The van der Waals surface area contributed by atoms with Crippen LogP contribution in [0.5, 0.6) is 0 Å². The Kier molecular flexibility index (Phi) is 3.82. The minimum atomic E-state index is -0.242. The van der Waals surface area contributed by atoms with Crippen LogP contribution in [-0.2, 0) is 4.74 Å². The van der Waals surface area contributed by atoms with Gasteiger partial charge in [-0.15, -0.1) is 11.3 Å². The molecule has 1 aromatic carbocycles. The molecule has 7 heteroatoms. The Bertz CT molecular complexity index is 855. The van der Waals surface area contributed by atoms with Gasteiger partial charge in [-0.2, -0.15) is 4.98 Å². The summed E-state index contributed by atoms with van der Waals surface area (Å²) in [5.74, 6) is 1.03. The average molecular weight is 343 g/mol. The van der Waals surface area contributed by atoms with E-state index in [-0.39, 0.29) is 18.1 Å². The zero-order valence-electron chi connectivity index (χ0n) is 13.4.